The minimum Gasteiger partial charge on any atom is -0.457 e. The topological polar surface area (TPSA) is 227 Å². The molecule has 6 amide bonds. The molecule has 396 valence electrons. The third-order valence-corrected chi connectivity index (χ3v) is 14.3. The molecule has 18 nitrogen and oxygen atoms in total. The maximum Gasteiger partial charge on any atom is 0.340 e. The van der Waals surface area contributed by atoms with E-state index in [1.54, 1.807) is 72.8 Å². The fourth-order valence-electron chi connectivity index (χ4n) is 10.3. The minimum absolute atomic E-state index is 0.0216. The number of carbonyl (C=O) groups is 9. The monoisotopic (exact) mass is 1050 g/mol. The van der Waals surface area contributed by atoms with Crippen LogP contribution in [0, 0.1) is 0 Å². The minimum atomic E-state index is -1.08. The molecule has 0 unspecified atom stereocenters. The van der Waals surface area contributed by atoms with Crippen molar-refractivity contribution in [1.29, 1.82) is 0 Å². The lowest BCUT2D eigenvalue weighted by atomic mass is 10.0. The van der Waals surface area contributed by atoms with Crippen LogP contribution in [-0.4, -0.2) is 106 Å². The Kier molecular flexibility index (Phi) is 15.5. The number of nitrogens with zero attached hydrogens (tertiary/aromatic N) is 3. The lowest BCUT2D eigenvalue weighted by molar-refractivity contribution is -0.120. The molecule has 18 heteroatoms. The van der Waals surface area contributed by atoms with Gasteiger partial charge in [-0.2, -0.15) is 0 Å². The summed E-state index contributed by atoms with van der Waals surface area (Å²) in [6, 6.07) is 35.9. The van der Waals surface area contributed by atoms with Gasteiger partial charge in [-0.1, -0.05) is 91.0 Å². The van der Waals surface area contributed by atoms with Crippen molar-refractivity contribution in [2.24, 2.45) is 0 Å². The third-order valence-electron chi connectivity index (χ3n) is 14.3. The average Bonchev–Trinajstić information content (AvgIpc) is 4.34. The van der Waals surface area contributed by atoms with Gasteiger partial charge in [0, 0.05) is 36.3 Å². The Morgan fingerprint density at radius 3 is 0.923 bits per heavy atom. The zero-order valence-corrected chi connectivity index (χ0v) is 42.3. The van der Waals surface area contributed by atoms with Crippen molar-refractivity contribution in [3.63, 3.8) is 0 Å². The zero-order chi connectivity index (χ0) is 54.3. The molecule has 6 bridgehead atoms. The van der Waals surface area contributed by atoms with E-state index in [0.29, 0.717) is 36.0 Å². The Morgan fingerprint density at radius 2 is 0.654 bits per heavy atom. The lowest BCUT2D eigenvalue weighted by Crippen LogP contribution is -2.44. The molecule has 3 atom stereocenters. The molecule has 10 rings (SSSR count). The largest absolute Gasteiger partial charge is 0.457 e. The molecule has 0 spiro atoms. The number of carbonyl (C=O) groups excluding carboxylic acids is 9. The molecule has 6 aromatic carbocycles. The molecule has 4 aliphatic heterocycles. The first kappa shape index (κ1) is 52.0. The van der Waals surface area contributed by atoms with Crippen LogP contribution in [0.1, 0.15) is 117 Å². The van der Waals surface area contributed by atoms with Gasteiger partial charge in [-0.15, -0.1) is 0 Å². The summed E-state index contributed by atoms with van der Waals surface area (Å²) in [6.45, 7) is 0.157. The third kappa shape index (κ3) is 11.4. The Morgan fingerprint density at radius 1 is 0.385 bits per heavy atom. The highest BCUT2D eigenvalue weighted by Gasteiger charge is 2.40. The van der Waals surface area contributed by atoms with Crippen LogP contribution in [-0.2, 0) is 48.4 Å². The van der Waals surface area contributed by atoms with Crippen LogP contribution < -0.4 is 16.0 Å². The lowest BCUT2D eigenvalue weighted by Gasteiger charge is -2.27. The highest BCUT2D eigenvalue weighted by Crippen LogP contribution is 2.32. The van der Waals surface area contributed by atoms with Crippen molar-refractivity contribution in [3.8, 4) is 0 Å². The molecule has 4 aliphatic rings. The Balaban J connectivity index is 1.03. The molecule has 3 N–H and O–H groups in total. The van der Waals surface area contributed by atoms with Crippen LogP contribution in [0.5, 0.6) is 0 Å². The van der Waals surface area contributed by atoms with Crippen LogP contribution in [0.2, 0.25) is 0 Å². The standard InChI is InChI=1S/C60H54N6O12/c67-52-49-19-10-28-64(49)56(71)41-23-26-44(59(74)77-35-38-15-6-2-7-16-38)47(32-41)63-54(69)51-21-12-30-66(51)57(72)42-24-27-45(60(75)78-36-39-17-8-3-9-18-39)48(33-42)62-53(68)50-20-11-29-65(50)55(70)40-22-25-43(46(31-40)61-52)58(73)76-34-37-13-4-1-5-14-37/h1-9,13-18,22-27,31-33,49-51H,10-12,19-21,28-30,34-36H2,(H,61,67)(H,62,68)(H,63,69)/t49-,50-,51-/m0/s1. The van der Waals surface area contributed by atoms with E-state index in [0.717, 1.165) is 0 Å². The second-order valence-electron chi connectivity index (χ2n) is 19.4. The van der Waals surface area contributed by atoms with Crippen LogP contribution in [0.4, 0.5) is 17.1 Å². The smallest absolute Gasteiger partial charge is 0.340 e. The number of nitrogens with one attached hydrogen (secondary N) is 3. The van der Waals surface area contributed by atoms with Gasteiger partial charge in [-0.25, -0.2) is 14.4 Å². The summed E-state index contributed by atoms with van der Waals surface area (Å²) in [4.78, 5) is 133. The van der Waals surface area contributed by atoms with E-state index in [9.17, 15) is 43.2 Å². The van der Waals surface area contributed by atoms with Crippen LogP contribution in [0.3, 0.4) is 0 Å². The first-order chi connectivity index (χ1) is 37.9. The maximum atomic E-state index is 14.6. The van der Waals surface area contributed by atoms with Crippen molar-refractivity contribution >= 4 is 70.4 Å². The molecular weight excluding hydrogens is 997 g/mol. The van der Waals surface area contributed by atoms with E-state index in [1.807, 2.05) is 18.2 Å². The summed E-state index contributed by atoms with van der Waals surface area (Å²) in [7, 11) is 0. The molecule has 4 heterocycles. The van der Waals surface area contributed by atoms with Gasteiger partial charge >= 0.3 is 17.9 Å². The first-order valence-electron chi connectivity index (χ1n) is 25.8. The molecule has 0 saturated carbocycles. The summed E-state index contributed by atoms with van der Waals surface area (Å²) in [6.07, 6.45) is 1.94. The quantitative estimate of drug-likeness (QED) is 0.0931. The van der Waals surface area contributed by atoms with E-state index >= 15 is 0 Å². The van der Waals surface area contributed by atoms with E-state index in [4.69, 9.17) is 14.2 Å². The van der Waals surface area contributed by atoms with Crippen molar-refractivity contribution in [2.75, 3.05) is 35.6 Å². The Labute approximate surface area is 448 Å². The molecule has 6 aromatic rings. The number of benzene rings is 6. The first-order valence-corrected chi connectivity index (χ1v) is 25.8. The van der Waals surface area contributed by atoms with E-state index in [1.165, 1.54) is 69.3 Å². The van der Waals surface area contributed by atoms with Gasteiger partial charge < -0.3 is 44.9 Å². The van der Waals surface area contributed by atoms with Gasteiger partial charge in [0.05, 0.1) is 33.8 Å². The van der Waals surface area contributed by atoms with Gasteiger partial charge in [0.15, 0.2) is 0 Å². The molecule has 0 aromatic heterocycles. The number of rotatable bonds is 9. The molecule has 0 radical (unpaired) electrons. The zero-order valence-electron chi connectivity index (χ0n) is 42.3. The van der Waals surface area contributed by atoms with Gasteiger partial charge in [0.1, 0.15) is 37.9 Å². The fraction of sp³-hybridized carbons (Fsp3) is 0.250. The predicted octanol–water partition coefficient (Wildman–Crippen LogP) is 7.80. The van der Waals surface area contributed by atoms with E-state index < -0.39 is 71.5 Å². The van der Waals surface area contributed by atoms with E-state index in [2.05, 4.69) is 16.0 Å². The van der Waals surface area contributed by atoms with Crippen LogP contribution >= 0.6 is 0 Å². The van der Waals surface area contributed by atoms with Gasteiger partial charge in [0.25, 0.3) is 17.7 Å². The number of hydrogen-bond donors (Lipinski definition) is 3. The Bertz CT molecular complexity index is 2990. The number of hydrogen-bond acceptors (Lipinski definition) is 12. The van der Waals surface area contributed by atoms with E-state index in [-0.39, 0.29) is 109 Å². The second kappa shape index (κ2) is 23.2. The molecule has 3 fully saturated rings. The maximum absolute atomic E-state index is 14.6. The van der Waals surface area contributed by atoms with Crippen LogP contribution in [0.25, 0.3) is 0 Å². The number of fused-ring (bicyclic) bond motifs is 9. The average molecular weight is 1050 g/mol. The second-order valence-corrected chi connectivity index (χ2v) is 19.4. The van der Waals surface area contributed by atoms with Gasteiger partial charge in [-0.3, -0.25) is 28.8 Å². The summed E-state index contributed by atoms with van der Waals surface area (Å²) >= 11 is 0. The Hall–Kier alpha value is -9.45. The van der Waals surface area contributed by atoms with Crippen molar-refractivity contribution in [1.82, 2.24) is 14.7 Å². The summed E-state index contributed by atoms with van der Waals surface area (Å²) in [5.41, 5.74) is 1.68. The van der Waals surface area contributed by atoms with Crippen LogP contribution in [0.15, 0.2) is 146 Å². The number of ether oxygens (including phenoxy) is 3. The highest BCUT2D eigenvalue weighted by molar-refractivity contribution is 6.11. The molecular formula is C60H54N6O12. The van der Waals surface area contributed by atoms with Crippen molar-refractivity contribution in [3.05, 3.63) is 196 Å². The summed E-state index contributed by atoms with van der Waals surface area (Å²) < 4.78 is 17.0. The molecule has 3 saturated heterocycles. The summed E-state index contributed by atoms with van der Waals surface area (Å²) in [5, 5.41) is 8.44. The normalized spacial score (nSPS) is 18.6. The predicted molar refractivity (Wildman–Crippen MR) is 284 cm³/mol. The van der Waals surface area contributed by atoms with Gasteiger partial charge in [0.2, 0.25) is 17.7 Å². The summed E-state index contributed by atoms with van der Waals surface area (Å²) in [5.74, 6) is -6.25. The molecule has 78 heavy (non-hydrogen) atoms. The number of anilines is 3. The van der Waals surface area contributed by atoms with Crippen molar-refractivity contribution in [2.45, 2.75) is 76.5 Å². The highest BCUT2D eigenvalue weighted by atomic mass is 16.5. The molecule has 0 aliphatic carbocycles. The SMILES string of the molecule is O=C(OCc1ccccc1)c1ccc2cc1NC(=O)[C@@H]1CCCN1C(=O)c1ccc(C(=O)OCc3ccccc3)c(c1)NC(=O)[C@@H]1CCCN1C(=O)c1ccc(C(=O)OCc3ccccc3)c(c1)NC(=O)[C@@H]1CCCN1C2=O. The van der Waals surface area contributed by atoms with Gasteiger partial charge in [-0.05, 0) is 110 Å². The van der Waals surface area contributed by atoms with Crippen molar-refractivity contribution < 1.29 is 57.4 Å². The fourth-order valence-corrected chi connectivity index (χ4v) is 10.3. The number of esters is 3. The number of amides is 6.